The van der Waals surface area contributed by atoms with E-state index in [0.717, 1.165) is 0 Å². The molecule has 3 nitrogen and oxygen atoms in total. The summed E-state index contributed by atoms with van der Waals surface area (Å²) >= 11 is 0. The van der Waals surface area contributed by atoms with Crippen LogP contribution in [-0.4, -0.2) is 18.7 Å². The molecular formula is C7H10O3S. The molecule has 1 N–H and O–H groups in total. The lowest BCUT2D eigenvalue weighted by Crippen LogP contribution is -2.13. The molecule has 0 heterocycles. The molecule has 0 radical (unpaired) electrons. The second kappa shape index (κ2) is 3.19. The summed E-state index contributed by atoms with van der Waals surface area (Å²) < 4.78 is 29.3. The van der Waals surface area contributed by atoms with Gasteiger partial charge in [0.15, 0.2) is 0 Å². The highest BCUT2D eigenvalue weighted by Gasteiger charge is 2.13. The van der Waals surface area contributed by atoms with Gasteiger partial charge in [-0.15, -0.1) is 0 Å². The molecule has 62 valence electrons. The van der Waals surface area contributed by atoms with Gasteiger partial charge in [0.2, 0.25) is 0 Å². The molecule has 0 spiro atoms. The van der Waals surface area contributed by atoms with Crippen molar-refractivity contribution in [1.29, 1.82) is 0 Å². The van der Waals surface area contributed by atoms with Crippen molar-refractivity contribution in [3.8, 4) is 0 Å². The minimum absolute atomic E-state index is 0.0602. The van der Waals surface area contributed by atoms with Crippen molar-refractivity contribution in [2.24, 2.45) is 5.92 Å². The van der Waals surface area contributed by atoms with Crippen LogP contribution in [0.25, 0.3) is 0 Å². The molecule has 0 aromatic carbocycles. The second-order valence-corrected chi connectivity index (χ2v) is 4.05. The van der Waals surface area contributed by atoms with E-state index in [1.807, 2.05) is 12.2 Å². The predicted molar refractivity (Wildman–Crippen MR) is 42.8 cm³/mol. The molecule has 0 saturated carbocycles. The third-order valence-corrected chi connectivity index (χ3v) is 2.34. The largest absolute Gasteiger partial charge is 0.286 e. The maximum Gasteiger partial charge on any atom is 0.265 e. The van der Waals surface area contributed by atoms with Crippen molar-refractivity contribution in [2.45, 2.75) is 6.42 Å². The molecule has 0 fully saturated rings. The zero-order valence-corrected chi connectivity index (χ0v) is 6.79. The predicted octanol–water partition coefficient (Wildman–Crippen LogP) is 1.01. The summed E-state index contributed by atoms with van der Waals surface area (Å²) in [7, 11) is -3.81. The Morgan fingerprint density at radius 2 is 2.18 bits per heavy atom. The molecule has 11 heavy (non-hydrogen) atoms. The summed E-state index contributed by atoms with van der Waals surface area (Å²) in [6.07, 6.45) is 8.01. The van der Waals surface area contributed by atoms with Crippen molar-refractivity contribution in [1.82, 2.24) is 0 Å². The first-order chi connectivity index (χ1) is 5.08. The van der Waals surface area contributed by atoms with Gasteiger partial charge >= 0.3 is 0 Å². The first kappa shape index (κ1) is 8.49. The highest BCUT2D eigenvalue weighted by molar-refractivity contribution is 7.85. The molecule has 0 aliphatic heterocycles. The van der Waals surface area contributed by atoms with E-state index in [2.05, 4.69) is 0 Å². The molecule has 0 unspecified atom stereocenters. The Labute approximate surface area is 66.2 Å². The van der Waals surface area contributed by atoms with Gasteiger partial charge < -0.3 is 0 Å². The first-order valence-electron chi connectivity index (χ1n) is 3.36. The van der Waals surface area contributed by atoms with Gasteiger partial charge in [-0.3, -0.25) is 4.55 Å². The summed E-state index contributed by atoms with van der Waals surface area (Å²) in [6.45, 7) is 0. The fourth-order valence-electron chi connectivity index (χ4n) is 1.03. The number of allylic oxidation sites excluding steroid dienone is 4. The van der Waals surface area contributed by atoms with E-state index >= 15 is 0 Å². The summed E-state index contributed by atoms with van der Waals surface area (Å²) in [4.78, 5) is 0. The molecule has 0 bridgehead atoms. The Hall–Kier alpha value is -0.610. The van der Waals surface area contributed by atoms with Crippen molar-refractivity contribution < 1.29 is 13.0 Å². The van der Waals surface area contributed by atoms with Crippen molar-refractivity contribution >= 4 is 10.1 Å². The van der Waals surface area contributed by atoms with E-state index < -0.39 is 10.1 Å². The molecule has 0 aromatic rings. The molecular weight excluding hydrogens is 164 g/mol. The van der Waals surface area contributed by atoms with Gasteiger partial charge in [0.25, 0.3) is 10.1 Å². The van der Waals surface area contributed by atoms with Crippen LogP contribution in [0.2, 0.25) is 0 Å². The van der Waals surface area contributed by atoms with Gasteiger partial charge in [-0.25, -0.2) is 0 Å². The fourth-order valence-corrected chi connectivity index (χ4v) is 1.81. The molecule has 4 heteroatoms. The third-order valence-electron chi connectivity index (χ3n) is 1.49. The third kappa shape index (κ3) is 3.34. The smallest absolute Gasteiger partial charge is 0.265 e. The van der Waals surface area contributed by atoms with Crippen molar-refractivity contribution in [3.05, 3.63) is 24.3 Å². The first-order valence-corrected chi connectivity index (χ1v) is 4.97. The highest BCUT2D eigenvalue weighted by atomic mass is 32.2. The summed E-state index contributed by atoms with van der Waals surface area (Å²) in [5.41, 5.74) is 0. The Bertz CT molecular complexity index is 274. The van der Waals surface area contributed by atoms with E-state index in [9.17, 15) is 8.42 Å². The zero-order valence-electron chi connectivity index (χ0n) is 5.97. The Balaban J connectivity index is 2.52. The summed E-state index contributed by atoms with van der Waals surface area (Å²) in [5, 5.41) is 0. The van der Waals surface area contributed by atoms with Crippen LogP contribution >= 0.6 is 0 Å². The SMILES string of the molecule is O=S(=O)(O)C[C@H]1C=CC=CC1. The van der Waals surface area contributed by atoms with Crippen LogP contribution in [0.15, 0.2) is 24.3 Å². The lowest BCUT2D eigenvalue weighted by atomic mass is 10.0. The van der Waals surface area contributed by atoms with E-state index in [4.69, 9.17) is 4.55 Å². The van der Waals surface area contributed by atoms with Crippen LogP contribution in [-0.2, 0) is 10.1 Å². The average molecular weight is 174 g/mol. The molecule has 0 amide bonds. The van der Waals surface area contributed by atoms with Crippen molar-refractivity contribution in [3.63, 3.8) is 0 Å². The number of hydrogen-bond donors (Lipinski definition) is 1. The van der Waals surface area contributed by atoms with Crippen LogP contribution in [0.5, 0.6) is 0 Å². The summed E-state index contributed by atoms with van der Waals surface area (Å²) in [5.74, 6) is -0.233. The standard InChI is InChI=1S/C7H10O3S/c8-11(9,10)6-7-4-2-1-3-5-7/h1-4,7H,5-6H2,(H,8,9,10)/t7-/m0/s1. The minimum Gasteiger partial charge on any atom is -0.286 e. The zero-order chi connectivity index (χ0) is 8.32. The van der Waals surface area contributed by atoms with Gasteiger partial charge in [-0.2, -0.15) is 8.42 Å². The van der Waals surface area contributed by atoms with E-state index in [-0.39, 0.29) is 11.7 Å². The lowest BCUT2D eigenvalue weighted by molar-refractivity contribution is 0.474. The van der Waals surface area contributed by atoms with Gasteiger partial charge in [-0.05, 0) is 12.3 Å². The quantitative estimate of drug-likeness (QED) is 0.635. The lowest BCUT2D eigenvalue weighted by Gasteiger charge is -2.09. The van der Waals surface area contributed by atoms with E-state index in [1.165, 1.54) is 0 Å². The number of rotatable bonds is 2. The van der Waals surface area contributed by atoms with Gasteiger partial charge in [0, 0.05) is 0 Å². The Morgan fingerprint density at radius 1 is 1.45 bits per heavy atom. The van der Waals surface area contributed by atoms with E-state index in [1.54, 1.807) is 12.2 Å². The average Bonchev–Trinajstić information content (AvgIpc) is 1.85. The molecule has 1 aliphatic carbocycles. The maximum atomic E-state index is 10.4. The molecule has 1 aliphatic rings. The van der Waals surface area contributed by atoms with Crippen LogP contribution in [0.1, 0.15) is 6.42 Å². The Morgan fingerprint density at radius 3 is 2.64 bits per heavy atom. The molecule has 0 saturated heterocycles. The molecule has 1 atom stereocenters. The normalized spacial score (nSPS) is 23.9. The monoisotopic (exact) mass is 174 g/mol. The van der Waals surface area contributed by atoms with Crippen LogP contribution < -0.4 is 0 Å². The highest BCUT2D eigenvalue weighted by Crippen LogP contribution is 2.12. The maximum absolute atomic E-state index is 10.4. The number of hydrogen-bond acceptors (Lipinski definition) is 2. The van der Waals surface area contributed by atoms with Crippen molar-refractivity contribution in [2.75, 3.05) is 5.75 Å². The summed E-state index contributed by atoms with van der Waals surface area (Å²) in [6, 6.07) is 0. The topological polar surface area (TPSA) is 54.4 Å². The second-order valence-electron chi connectivity index (χ2n) is 2.56. The van der Waals surface area contributed by atoms with Gasteiger partial charge in [-0.1, -0.05) is 24.3 Å². The van der Waals surface area contributed by atoms with Crippen LogP contribution in [0.3, 0.4) is 0 Å². The molecule has 1 rings (SSSR count). The van der Waals surface area contributed by atoms with Gasteiger partial charge in [0.1, 0.15) is 0 Å². The minimum atomic E-state index is -3.81. The van der Waals surface area contributed by atoms with Crippen LogP contribution in [0.4, 0.5) is 0 Å². The van der Waals surface area contributed by atoms with E-state index in [0.29, 0.717) is 6.42 Å². The fraction of sp³-hybridized carbons (Fsp3) is 0.429. The van der Waals surface area contributed by atoms with Crippen LogP contribution in [0, 0.1) is 5.92 Å². The molecule has 0 aromatic heterocycles. The Kier molecular flexibility index (Phi) is 2.46. The van der Waals surface area contributed by atoms with Gasteiger partial charge in [0.05, 0.1) is 5.75 Å².